The molecule has 0 spiro atoms. The molecule has 0 radical (unpaired) electrons. The maximum atomic E-state index is 11.9. The number of aliphatic imine (C=N–C) groups is 1. The van der Waals surface area contributed by atoms with Crippen LogP contribution in [0.4, 0.5) is 13.2 Å². The monoisotopic (exact) mass is 232 g/mol. The summed E-state index contributed by atoms with van der Waals surface area (Å²) in [5, 5.41) is 0.126. The molecule has 0 fully saturated rings. The topological polar surface area (TPSA) is 15.6 Å². The fraction of sp³-hybridized carbons (Fsp3) is 0.500. The van der Waals surface area contributed by atoms with Crippen molar-refractivity contribution in [3.8, 4) is 0 Å². The normalized spacial score (nSPS) is 23.3. The third-order valence-corrected chi connectivity index (χ3v) is 1.80. The van der Waals surface area contributed by atoms with Crippen LogP contribution >= 0.6 is 23.2 Å². The van der Waals surface area contributed by atoms with Gasteiger partial charge in [-0.05, 0) is 0 Å². The van der Waals surface area contributed by atoms with Gasteiger partial charge in [0.05, 0.1) is 5.03 Å². The maximum Gasteiger partial charge on any atom is 0.406 e. The zero-order valence-electron chi connectivity index (χ0n) is 6.22. The highest BCUT2D eigenvalue weighted by atomic mass is 35.5. The van der Waals surface area contributed by atoms with Crippen LogP contribution in [0.3, 0.4) is 0 Å². The van der Waals surface area contributed by atoms with E-state index < -0.39 is 18.3 Å². The fourth-order valence-electron chi connectivity index (χ4n) is 0.800. The molecule has 7 heteroatoms. The van der Waals surface area contributed by atoms with Crippen LogP contribution in [0.15, 0.2) is 16.2 Å². The smallest absolute Gasteiger partial charge is 0.333 e. The average Bonchev–Trinajstić information content (AvgIpc) is 1.94. The first-order valence-electron chi connectivity index (χ1n) is 3.25. The molecule has 0 bridgehead atoms. The van der Waals surface area contributed by atoms with Crippen molar-refractivity contribution in [1.29, 1.82) is 0 Å². The van der Waals surface area contributed by atoms with Gasteiger partial charge in [0.1, 0.15) is 6.54 Å². The molecule has 0 aromatic heterocycles. The first-order valence-corrected chi connectivity index (χ1v) is 4.07. The van der Waals surface area contributed by atoms with Crippen molar-refractivity contribution >= 4 is 29.4 Å². The summed E-state index contributed by atoms with van der Waals surface area (Å²) in [5.74, 6) is 0. The molecule has 13 heavy (non-hydrogen) atoms. The summed E-state index contributed by atoms with van der Waals surface area (Å²) in [6.45, 7) is -1.16. The van der Waals surface area contributed by atoms with E-state index in [9.17, 15) is 13.2 Å². The minimum Gasteiger partial charge on any atom is -0.333 e. The second-order valence-electron chi connectivity index (χ2n) is 2.39. The Morgan fingerprint density at radius 2 is 2.15 bits per heavy atom. The Bertz CT molecular complexity index is 249. The lowest BCUT2D eigenvalue weighted by atomic mass is 10.5. The van der Waals surface area contributed by atoms with Crippen molar-refractivity contribution in [3.05, 3.63) is 11.2 Å². The Hall–Kier alpha value is -0.420. The quantitative estimate of drug-likeness (QED) is 0.501. The van der Waals surface area contributed by atoms with E-state index in [-0.39, 0.29) is 5.03 Å². The third kappa shape index (κ3) is 3.44. The summed E-state index contributed by atoms with van der Waals surface area (Å²) in [7, 11) is 0. The van der Waals surface area contributed by atoms with Gasteiger partial charge in [0, 0.05) is 12.4 Å². The Balaban J connectivity index is 2.65. The highest BCUT2D eigenvalue weighted by molar-refractivity contribution is 6.39. The number of hydrogen-bond acceptors (Lipinski definition) is 2. The van der Waals surface area contributed by atoms with E-state index in [1.807, 2.05) is 0 Å². The van der Waals surface area contributed by atoms with Gasteiger partial charge in [0.25, 0.3) is 0 Å². The third-order valence-electron chi connectivity index (χ3n) is 1.25. The molecule has 0 saturated carbocycles. The largest absolute Gasteiger partial charge is 0.406 e. The summed E-state index contributed by atoms with van der Waals surface area (Å²) in [6.07, 6.45) is -1.99. The van der Waals surface area contributed by atoms with Gasteiger partial charge in [-0.15, -0.1) is 0 Å². The minimum atomic E-state index is -4.31. The first kappa shape index (κ1) is 10.7. The molecule has 0 amide bonds. The molecule has 0 aromatic rings. The molecule has 0 saturated heterocycles. The Kier molecular flexibility index (Phi) is 3.08. The zero-order valence-corrected chi connectivity index (χ0v) is 7.74. The van der Waals surface area contributed by atoms with Crippen LogP contribution in [0, 0.1) is 0 Å². The summed E-state index contributed by atoms with van der Waals surface area (Å²) in [6, 6.07) is 0. The second kappa shape index (κ2) is 3.75. The van der Waals surface area contributed by atoms with Gasteiger partial charge in [0.2, 0.25) is 0 Å². The Morgan fingerprint density at radius 3 is 2.69 bits per heavy atom. The predicted molar refractivity (Wildman–Crippen MR) is 44.8 cm³/mol. The van der Waals surface area contributed by atoms with Gasteiger partial charge in [-0.1, -0.05) is 23.2 Å². The average molecular weight is 233 g/mol. The first-order chi connectivity index (χ1) is 5.88. The van der Waals surface area contributed by atoms with E-state index in [0.717, 1.165) is 11.1 Å². The van der Waals surface area contributed by atoms with Crippen molar-refractivity contribution in [3.63, 3.8) is 0 Å². The van der Waals surface area contributed by atoms with Crippen molar-refractivity contribution in [2.75, 3.05) is 6.54 Å². The van der Waals surface area contributed by atoms with Crippen LogP contribution < -0.4 is 0 Å². The van der Waals surface area contributed by atoms with Crippen LogP contribution in [0.5, 0.6) is 0 Å². The van der Waals surface area contributed by atoms with E-state index >= 15 is 0 Å². The molecule has 0 aliphatic carbocycles. The number of halogens is 5. The highest BCUT2D eigenvalue weighted by Crippen LogP contribution is 2.23. The highest BCUT2D eigenvalue weighted by Gasteiger charge is 2.32. The second-order valence-corrected chi connectivity index (χ2v) is 3.22. The summed E-state index contributed by atoms with van der Waals surface area (Å²) in [5.41, 5.74) is -1.04. The van der Waals surface area contributed by atoms with Gasteiger partial charge in [-0.3, -0.25) is 4.99 Å². The van der Waals surface area contributed by atoms with E-state index in [1.165, 1.54) is 6.21 Å². The molecule has 1 aliphatic rings. The van der Waals surface area contributed by atoms with Crippen LogP contribution in [0.2, 0.25) is 0 Å². The van der Waals surface area contributed by atoms with E-state index in [4.69, 9.17) is 23.2 Å². The van der Waals surface area contributed by atoms with E-state index in [1.54, 1.807) is 0 Å². The zero-order chi connectivity index (χ0) is 10.1. The van der Waals surface area contributed by atoms with E-state index in [0.29, 0.717) is 0 Å². The minimum absolute atomic E-state index is 0.126. The molecule has 1 atom stereocenters. The molecule has 0 N–H and O–H groups in total. The van der Waals surface area contributed by atoms with Gasteiger partial charge < -0.3 is 4.90 Å². The lowest BCUT2D eigenvalue weighted by Gasteiger charge is -2.26. The molecule has 1 heterocycles. The van der Waals surface area contributed by atoms with Crippen molar-refractivity contribution < 1.29 is 13.2 Å². The van der Waals surface area contributed by atoms with Crippen LogP contribution in [0.25, 0.3) is 0 Å². The van der Waals surface area contributed by atoms with Crippen LogP contribution in [0.1, 0.15) is 0 Å². The Morgan fingerprint density at radius 1 is 1.54 bits per heavy atom. The molecule has 1 unspecified atom stereocenters. The standard InChI is InChI=1S/C6H5Cl2F3N2/c7-4-1-12-5(8)13(2-4)3-6(9,10)11/h1-2,5H,3H2. The molecule has 2 nitrogen and oxygen atoms in total. The van der Waals surface area contributed by atoms with Crippen LogP contribution in [-0.4, -0.2) is 29.5 Å². The lowest BCUT2D eigenvalue weighted by molar-refractivity contribution is -0.141. The molecular weight excluding hydrogens is 228 g/mol. The summed E-state index contributed by atoms with van der Waals surface area (Å²) >= 11 is 10.9. The van der Waals surface area contributed by atoms with Gasteiger partial charge in [0.15, 0.2) is 5.62 Å². The SMILES string of the molecule is FC(F)(F)CN1C=C(Cl)C=NC1Cl. The molecule has 0 aromatic carbocycles. The van der Waals surface area contributed by atoms with Crippen LogP contribution in [-0.2, 0) is 0 Å². The molecule has 1 rings (SSSR count). The summed E-state index contributed by atoms with van der Waals surface area (Å²) < 4.78 is 35.7. The van der Waals surface area contributed by atoms with Crippen molar-refractivity contribution in [1.82, 2.24) is 4.90 Å². The maximum absolute atomic E-state index is 11.9. The number of rotatable bonds is 1. The van der Waals surface area contributed by atoms with Crippen molar-refractivity contribution in [2.45, 2.75) is 11.8 Å². The number of nitrogens with zero attached hydrogens (tertiary/aromatic N) is 2. The van der Waals surface area contributed by atoms with E-state index in [2.05, 4.69) is 4.99 Å². The fourth-order valence-corrected chi connectivity index (χ4v) is 1.16. The predicted octanol–water partition coefficient (Wildman–Crippen LogP) is 2.54. The molecular formula is C6H5Cl2F3N2. The van der Waals surface area contributed by atoms with Gasteiger partial charge >= 0.3 is 6.18 Å². The number of hydrogen-bond donors (Lipinski definition) is 0. The number of alkyl halides is 4. The molecule has 1 aliphatic heterocycles. The van der Waals surface area contributed by atoms with Gasteiger partial charge in [-0.25, -0.2) is 0 Å². The summed E-state index contributed by atoms with van der Waals surface area (Å²) in [4.78, 5) is 4.35. The lowest BCUT2D eigenvalue weighted by Crippen LogP contribution is -2.36. The van der Waals surface area contributed by atoms with Crippen molar-refractivity contribution in [2.24, 2.45) is 4.99 Å². The van der Waals surface area contributed by atoms with Gasteiger partial charge in [-0.2, -0.15) is 13.2 Å². The number of allylic oxidation sites excluding steroid dienone is 1. The Labute approximate surface area is 82.6 Å². The molecule has 74 valence electrons.